The van der Waals surface area contributed by atoms with E-state index in [1.807, 2.05) is 32.0 Å². The molecule has 2 atom stereocenters. The first-order valence-corrected chi connectivity index (χ1v) is 7.15. The molecule has 0 radical (unpaired) electrons. The Bertz CT molecular complexity index is 459. The van der Waals surface area contributed by atoms with Crippen molar-refractivity contribution in [2.24, 2.45) is 5.92 Å². The van der Waals surface area contributed by atoms with Crippen LogP contribution in [-0.2, 0) is 14.3 Å². The Labute approximate surface area is 125 Å². The van der Waals surface area contributed by atoms with Gasteiger partial charge in [-0.1, -0.05) is 44.2 Å². The van der Waals surface area contributed by atoms with Crippen molar-refractivity contribution < 1.29 is 19.4 Å². The minimum Gasteiger partial charge on any atom is -0.480 e. The van der Waals surface area contributed by atoms with Crippen LogP contribution < -0.4 is 5.32 Å². The maximum Gasteiger partial charge on any atom is 0.326 e. The number of benzene rings is 1. The molecule has 1 aromatic rings. The number of aliphatic carboxylic acids is 1. The van der Waals surface area contributed by atoms with Crippen LogP contribution in [0.5, 0.6) is 0 Å². The van der Waals surface area contributed by atoms with Crippen molar-refractivity contribution >= 4 is 11.9 Å². The van der Waals surface area contributed by atoms with Crippen LogP contribution >= 0.6 is 0 Å². The fourth-order valence-electron chi connectivity index (χ4n) is 2.06. The summed E-state index contributed by atoms with van der Waals surface area (Å²) in [6.07, 6.45) is -0.403. The molecular formula is C16H23NO4. The van der Waals surface area contributed by atoms with Gasteiger partial charge < -0.3 is 15.2 Å². The van der Waals surface area contributed by atoms with E-state index >= 15 is 0 Å². The third-order valence-corrected chi connectivity index (χ3v) is 3.00. The van der Waals surface area contributed by atoms with Gasteiger partial charge in [0, 0.05) is 6.61 Å². The van der Waals surface area contributed by atoms with Crippen molar-refractivity contribution in [1.82, 2.24) is 5.32 Å². The summed E-state index contributed by atoms with van der Waals surface area (Å²) in [5, 5.41) is 11.8. The molecule has 1 amide bonds. The van der Waals surface area contributed by atoms with E-state index in [1.54, 1.807) is 19.1 Å². The largest absolute Gasteiger partial charge is 0.480 e. The van der Waals surface area contributed by atoms with E-state index in [0.29, 0.717) is 18.6 Å². The van der Waals surface area contributed by atoms with Crippen LogP contribution in [0, 0.1) is 5.92 Å². The first-order valence-electron chi connectivity index (χ1n) is 7.15. The van der Waals surface area contributed by atoms with Crippen molar-refractivity contribution in [3.05, 3.63) is 35.9 Å². The maximum absolute atomic E-state index is 12.3. The number of carbonyl (C=O) groups is 2. The second-order valence-corrected chi connectivity index (χ2v) is 5.28. The van der Waals surface area contributed by atoms with Crippen molar-refractivity contribution in [2.45, 2.75) is 39.3 Å². The van der Waals surface area contributed by atoms with Gasteiger partial charge in [-0.15, -0.1) is 0 Å². The Morgan fingerprint density at radius 3 is 2.33 bits per heavy atom. The summed E-state index contributed by atoms with van der Waals surface area (Å²) in [5.41, 5.74) is 0.713. The van der Waals surface area contributed by atoms with Crippen molar-refractivity contribution in [3.8, 4) is 0 Å². The van der Waals surface area contributed by atoms with Crippen LogP contribution in [0.15, 0.2) is 30.3 Å². The SMILES string of the molecule is CCOC(C(=O)N[C@@H](CC(C)C)C(=O)O)c1ccccc1. The number of nitrogens with one attached hydrogen (secondary N) is 1. The summed E-state index contributed by atoms with van der Waals surface area (Å²) < 4.78 is 5.47. The van der Waals surface area contributed by atoms with Gasteiger partial charge in [0.05, 0.1) is 0 Å². The number of hydrogen-bond donors (Lipinski definition) is 2. The second-order valence-electron chi connectivity index (χ2n) is 5.28. The lowest BCUT2D eigenvalue weighted by Crippen LogP contribution is -2.44. The summed E-state index contributed by atoms with van der Waals surface area (Å²) in [6.45, 7) is 6.00. The van der Waals surface area contributed by atoms with Gasteiger partial charge in [-0.05, 0) is 24.8 Å². The monoisotopic (exact) mass is 293 g/mol. The fraction of sp³-hybridized carbons (Fsp3) is 0.500. The molecule has 2 N–H and O–H groups in total. The van der Waals surface area contributed by atoms with Gasteiger partial charge in [-0.3, -0.25) is 4.79 Å². The average Bonchev–Trinajstić information content (AvgIpc) is 2.44. The van der Waals surface area contributed by atoms with Crippen LogP contribution in [-0.4, -0.2) is 29.6 Å². The highest BCUT2D eigenvalue weighted by molar-refractivity contribution is 5.87. The Hall–Kier alpha value is -1.88. The highest BCUT2D eigenvalue weighted by atomic mass is 16.5. The van der Waals surface area contributed by atoms with E-state index in [-0.39, 0.29) is 5.92 Å². The lowest BCUT2D eigenvalue weighted by Gasteiger charge is -2.21. The van der Waals surface area contributed by atoms with Gasteiger partial charge in [0.2, 0.25) is 0 Å². The predicted molar refractivity (Wildman–Crippen MR) is 79.8 cm³/mol. The zero-order valence-electron chi connectivity index (χ0n) is 12.7. The van der Waals surface area contributed by atoms with Crippen LogP contribution in [0.4, 0.5) is 0 Å². The molecule has 1 unspecified atom stereocenters. The highest BCUT2D eigenvalue weighted by Gasteiger charge is 2.27. The predicted octanol–water partition coefficient (Wildman–Crippen LogP) is 2.38. The van der Waals surface area contributed by atoms with Crippen molar-refractivity contribution in [1.29, 1.82) is 0 Å². The van der Waals surface area contributed by atoms with Crippen LogP contribution in [0.2, 0.25) is 0 Å². The third-order valence-electron chi connectivity index (χ3n) is 3.00. The molecule has 21 heavy (non-hydrogen) atoms. The number of carboxylic acid groups (broad SMARTS) is 1. The molecule has 5 heteroatoms. The minimum atomic E-state index is -1.03. The zero-order valence-corrected chi connectivity index (χ0v) is 12.7. The molecule has 0 spiro atoms. The van der Waals surface area contributed by atoms with E-state index in [9.17, 15) is 14.7 Å². The molecule has 0 saturated carbocycles. The molecule has 0 saturated heterocycles. The normalized spacial score (nSPS) is 13.7. The molecular weight excluding hydrogens is 270 g/mol. The van der Waals surface area contributed by atoms with Gasteiger partial charge in [-0.25, -0.2) is 4.79 Å². The summed E-state index contributed by atoms with van der Waals surface area (Å²) in [5.74, 6) is -1.27. The van der Waals surface area contributed by atoms with E-state index in [0.717, 1.165) is 0 Å². The summed E-state index contributed by atoms with van der Waals surface area (Å²) in [7, 11) is 0. The van der Waals surface area contributed by atoms with Crippen LogP contribution in [0.3, 0.4) is 0 Å². The molecule has 116 valence electrons. The van der Waals surface area contributed by atoms with E-state index in [2.05, 4.69) is 5.32 Å². The molecule has 0 aliphatic carbocycles. The summed E-state index contributed by atoms with van der Waals surface area (Å²) in [6, 6.07) is 8.16. The van der Waals surface area contributed by atoms with Crippen LogP contribution in [0.25, 0.3) is 0 Å². The second kappa shape index (κ2) is 8.42. The van der Waals surface area contributed by atoms with E-state index < -0.39 is 24.0 Å². The third kappa shape index (κ3) is 5.55. The Morgan fingerprint density at radius 1 is 1.24 bits per heavy atom. The summed E-state index contributed by atoms with van der Waals surface area (Å²) >= 11 is 0. The van der Waals surface area contributed by atoms with E-state index in [4.69, 9.17) is 4.74 Å². The lowest BCUT2D eigenvalue weighted by atomic mass is 10.0. The molecule has 0 fully saturated rings. The molecule has 0 aliphatic heterocycles. The molecule has 0 heterocycles. The molecule has 1 aromatic carbocycles. The smallest absolute Gasteiger partial charge is 0.326 e. The van der Waals surface area contributed by atoms with Gasteiger partial charge >= 0.3 is 5.97 Å². The number of hydrogen-bond acceptors (Lipinski definition) is 3. The zero-order chi connectivity index (χ0) is 15.8. The quantitative estimate of drug-likeness (QED) is 0.771. The number of carboxylic acids is 1. The molecule has 5 nitrogen and oxygen atoms in total. The first kappa shape index (κ1) is 17.2. The molecule has 0 aliphatic rings. The summed E-state index contributed by atoms with van der Waals surface area (Å²) in [4.78, 5) is 23.6. The topological polar surface area (TPSA) is 75.6 Å². The van der Waals surface area contributed by atoms with Gasteiger partial charge in [-0.2, -0.15) is 0 Å². The lowest BCUT2D eigenvalue weighted by molar-refractivity contribution is -0.145. The number of rotatable bonds is 8. The van der Waals surface area contributed by atoms with Gasteiger partial charge in [0.1, 0.15) is 6.04 Å². The molecule has 0 aromatic heterocycles. The van der Waals surface area contributed by atoms with Crippen LogP contribution in [0.1, 0.15) is 38.9 Å². The fourth-order valence-corrected chi connectivity index (χ4v) is 2.06. The number of amides is 1. The minimum absolute atomic E-state index is 0.175. The first-order chi connectivity index (χ1) is 9.95. The number of ether oxygens (including phenoxy) is 1. The van der Waals surface area contributed by atoms with Crippen molar-refractivity contribution in [2.75, 3.05) is 6.61 Å². The Kier molecular flexibility index (Phi) is 6.88. The highest BCUT2D eigenvalue weighted by Crippen LogP contribution is 2.18. The average molecular weight is 293 g/mol. The standard InChI is InChI=1S/C16H23NO4/c1-4-21-14(12-8-6-5-7-9-12)15(18)17-13(16(19)20)10-11(2)3/h5-9,11,13-14H,4,10H2,1-3H3,(H,17,18)(H,19,20)/t13-,14?/m0/s1. The van der Waals surface area contributed by atoms with E-state index in [1.165, 1.54) is 0 Å². The molecule has 1 rings (SSSR count). The van der Waals surface area contributed by atoms with Gasteiger partial charge in [0.25, 0.3) is 5.91 Å². The Morgan fingerprint density at radius 2 is 1.86 bits per heavy atom. The maximum atomic E-state index is 12.3. The number of carbonyl (C=O) groups excluding carboxylic acids is 1. The Balaban J connectivity index is 2.83. The molecule has 0 bridgehead atoms. The van der Waals surface area contributed by atoms with Gasteiger partial charge in [0.15, 0.2) is 6.10 Å². The van der Waals surface area contributed by atoms with Crippen molar-refractivity contribution in [3.63, 3.8) is 0 Å².